The van der Waals surface area contributed by atoms with Crippen LogP contribution in [-0.4, -0.2) is 22.5 Å². The first-order valence-corrected chi connectivity index (χ1v) is 8.67. The van der Waals surface area contributed by atoms with Crippen molar-refractivity contribution in [3.05, 3.63) is 61.0 Å². The highest BCUT2D eigenvalue weighted by Gasteiger charge is 2.14. The van der Waals surface area contributed by atoms with E-state index in [2.05, 4.69) is 25.6 Å². The summed E-state index contributed by atoms with van der Waals surface area (Å²) in [5.74, 6) is 0.113. The summed E-state index contributed by atoms with van der Waals surface area (Å²) in [6.07, 6.45) is 1.06. The van der Waals surface area contributed by atoms with Crippen LogP contribution in [0.15, 0.2) is 38.4 Å². The fourth-order valence-electron chi connectivity index (χ4n) is 2.66. The third kappa shape index (κ3) is 4.14. The van der Waals surface area contributed by atoms with Gasteiger partial charge in [-0.2, -0.15) is 10.2 Å². The molecular formula is C17H17Cl2N5O. The third-order valence-electron chi connectivity index (χ3n) is 3.98. The highest BCUT2D eigenvalue weighted by Crippen LogP contribution is 2.29. The van der Waals surface area contributed by atoms with Gasteiger partial charge in [-0.25, -0.2) is 5.10 Å². The maximum atomic E-state index is 11.8. The van der Waals surface area contributed by atoms with Gasteiger partial charge in [0.25, 0.3) is 5.56 Å². The van der Waals surface area contributed by atoms with Gasteiger partial charge in [0, 0.05) is 28.5 Å². The summed E-state index contributed by atoms with van der Waals surface area (Å²) in [7, 11) is 0. The first-order valence-electron chi connectivity index (χ1n) is 7.91. The van der Waals surface area contributed by atoms with E-state index in [0.29, 0.717) is 35.0 Å². The zero-order chi connectivity index (χ0) is 18.0. The Bertz CT molecular complexity index is 894. The Hall–Kier alpha value is -2.05. The average molecular weight is 378 g/mol. The highest BCUT2D eigenvalue weighted by atomic mass is 35.5. The molecule has 25 heavy (non-hydrogen) atoms. The van der Waals surface area contributed by atoms with E-state index in [1.165, 1.54) is 0 Å². The van der Waals surface area contributed by atoms with Gasteiger partial charge in [0.2, 0.25) is 0 Å². The minimum absolute atomic E-state index is 0.113. The van der Waals surface area contributed by atoms with Gasteiger partial charge in [-0.1, -0.05) is 37.0 Å². The molecule has 8 heteroatoms. The quantitative estimate of drug-likeness (QED) is 0.848. The second-order valence-corrected chi connectivity index (χ2v) is 7.06. The minimum Gasteiger partial charge on any atom is -0.268 e. The van der Waals surface area contributed by atoms with E-state index in [4.69, 9.17) is 23.2 Å². The molecule has 3 rings (SSSR count). The zero-order valence-corrected chi connectivity index (χ0v) is 15.4. The van der Waals surface area contributed by atoms with Crippen LogP contribution in [0, 0.1) is 0 Å². The van der Waals surface area contributed by atoms with Gasteiger partial charge in [0.05, 0.1) is 11.4 Å². The normalized spacial score (nSPS) is 13.6. The van der Waals surface area contributed by atoms with Crippen LogP contribution in [0.5, 0.6) is 0 Å². The first kappa shape index (κ1) is 17.8. The molecule has 0 unspecified atom stereocenters. The van der Waals surface area contributed by atoms with Crippen LogP contribution in [0.2, 0.25) is 10.0 Å². The Kier molecular flexibility index (Phi) is 5.30. The lowest BCUT2D eigenvalue weighted by molar-refractivity contribution is 0.801. The molecular weight excluding hydrogens is 361 g/mol. The monoisotopic (exact) mass is 377 g/mol. The second-order valence-electron chi connectivity index (χ2n) is 6.25. The smallest absolute Gasteiger partial charge is 0.267 e. The molecule has 0 radical (unpaired) electrons. The van der Waals surface area contributed by atoms with Crippen LogP contribution in [0.4, 0.5) is 0 Å². The zero-order valence-electron chi connectivity index (χ0n) is 13.9. The van der Waals surface area contributed by atoms with Crippen LogP contribution < -0.4 is 5.56 Å². The van der Waals surface area contributed by atoms with Gasteiger partial charge in [0.15, 0.2) is 0 Å². The maximum Gasteiger partial charge on any atom is 0.267 e. The molecule has 6 nitrogen and oxygen atoms in total. The fraction of sp³-hybridized carbons (Fsp3) is 0.353. The van der Waals surface area contributed by atoms with E-state index >= 15 is 0 Å². The Morgan fingerprint density at radius 2 is 1.88 bits per heavy atom. The number of hydrogen-bond donors (Lipinski definition) is 1. The molecule has 1 aliphatic heterocycles. The number of aromatic nitrogens is 2. The molecule has 0 atom stereocenters. The number of benzene rings is 1. The lowest BCUT2D eigenvalue weighted by Crippen LogP contribution is -2.17. The first-order chi connectivity index (χ1) is 11.9. The predicted octanol–water partition coefficient (Wildman–Crippen LogP) is 4.16. The van der Waals surface area contributed by atoms with E-state index in [1.807, 2.05) is 26.0 Å². The van der Waals surface area contributed by atoms with E-state index in [9.17, 15) is 4.79 Å². The number of halogens is 2. The molecule has 2 aromatic rings. The number of nitrogens with one attached hydrogen (secondary N) is 1. The molecule has 1 aliphatic rings. The Morgan fingerprint density at radius 3 is 2.48 bits per heavy atom. The molecule has 0 saturated carbocycles. The van der Waals surface area contributed by atoms with Crippen molar-refractivity contribution in [2.45, 2.75) is 32.6 Å². The summed E-state index contributed by atoms with van der Waals surface area (Å²) < 4.78 is 0. The molecule has 1 aromatic heterocycles. The highest BCUT2D eigenvalue weighted by molar-refractivity contribution is 6.36. The molecule has 0 spiro atoms. The van der Waals surface area contributed by atoms with Gasteiger partial charge >= 0.3 is 0 Å². The molecule has 130 valence electrons. The number of aromatic amines is 1. The largest absolute Gasteiger partial charge is 0.268 e. The minimum atomic E-state index is -0.167. The van der Waals surface area contributed by atoms with Crippen molar-refractivity contribution in [1.82, 2.24) is 10.2 Å². The summed E-state index contributed by atoms with van der Waals surface area (Å²) in [6.45, 7) is 4.44. The van der Waals surface area contributed by atoms with E-state index in [-0.39, 0.29) is 11.5 Å². The van der Waals surface area contributed by atoms with Crippen molar-refractivity contribution in [2.75, 3.05) is 6.54 Å². The van der Waals surface area contributed by atoms with Gasteiger partial charge < -0.3 is 0 Å². The SMILES string of the molecule is CC(C)c1cc(Cc2c(Cl)cc(CC3=NN=NC3)cc2Cl)n[nH]c1=O. The summed E-state index contributed by atoms with van der Waals surface area (Å²) in [5.41, 5.74) is 3.87. The summed E-state index contributed by atoms with van der Waals surface area (Å²) in [6, 6.07) is 5.55. The molecule has 1 N–H and O–H groups in total. The van der Waals surface area contributed by atoms with Crippen molar-refractivity contribution >= 4 is 28.9 Å². The van der Waals surface area contributed by atoms with Crippen LogP contribution in [0.25, 0.3) is 0 Å². The molecule has 2 heterocycles. The molecule has 0 aliphatic carbocycles. The van der Waals surface area contributed by atoms with Crippen molar-refractivity contribution in [2.24, 2.45) is 15.4 Å². The molecule has 0 saturated heterocycles. The van der Waals surface area contributed by atoms with Gasteiger partial charge in [-0.3, -0.25) is 4.79 Å². The fourth-order valence-corrected chi connectivity index (χ4v) is 3.32. The Morgan fingerprint density at radius 1 is 1.16 bits per heavy atom. The number of nitrogens with zero attached hydrogens (tertiary/aromatic N) is 4. The predicted molar refractivity (Wildman–Crippen MR) is 99.1 cm³/mol. The van der Waals surface area contributed by atoms with Gasteiger partial charge in [-0.05, 0) is 40.5 Å². The van der Waals surface area contributed by atoms with E-state index in [0.717, 1.165) is 22.5 Å². The topological polar surface area (TPSA) is 82.8 Å². The lowest BCUT2D eigenvalue weighted by atomic mass is 10.0. The summed E-state index contributed by atoms with van der Waals surface area (Å²) >= 11 is 12.9. The second kappa shape index (κ2) is 7.45. The summed E-state index contributed by atoms with van der Waals surface area (Å²) in [4.78, 5) is 11.8. The number of hydrogen-bond acceptors (Lipinski definition) is 5. The number of rotatable bonds is 5. The Balaban J connectivity index is 1.85. The lowest BCUT2D eigenvalue weighted by Gasteiger charge is -2.11. The summed E-state index contributed by atoms with van der Waals surface area (Å²) in [5, 5.41) is 19.2. The molecule has 0 fully saturated rings. The van der Waals surface area contributed by atoms with Crippen LogP contribution >= 0.6 is 23.2 Å². The van der Waals surface area contributed by atoms with Crippen LogP contribution in [0.1, 0.15) is 42.1 Å². The van der Waals surface area contributed by atoms with E-state index in [1.54, 1.807) is 6.07 Å². The average Bonchev–Trinajstić information content (AvgIpc) is 3.05. The van der Waals surface area contributed by atoms with E-state index < -0.39 is 0 Å². The van der Waals surface area contributed by atoms with Crippen LogP contribution in [0.3, 0.4) is 0 Å². The Labute approximate surface area is 155 Å². The molecule has 0 amide bonds. The van der Waals surface area contributed by atoms with Crippen molar-refractivity contribution < 1.29 is 0 Å². The van der Waals surface area contributed by atoms with Crippen molar-refractivity contribution in [1.29, 1.82) is 0 Å². The maximum absolute atomic E-state index is 11.8. The van der Waals surface area contributed by atoms with Gasteiger partial charge in [0.1, 0.15) is 6.54 Å². The number of H-pyrrole nitrogens is 1. The van der Waals surface area contributed by atoms with Crippen molar-refractivity contribution in [3.8, 4) is 0 Å². The molecule has 0 bridgehead atoms. The van der Waals surface area contributed by atoms with Crippen molar-refractivity contribution in [3.63, 3.8) is 0 Å². The molecule has 1 aromatic carbocycles. The van der Waals surface area contributed by atoms with Crippen LogP contribution in [-0.2, 0) is 12.8 Å². The third-order valence-corrected chi connectivity index (χ3v) is 4.65. The standard InChI is InChI=1S/C17H17Cl2N5O/c1-9(2)13-6-11(21-23-17(13)25)7-14-15(18)4-10(5-16(14)19)3-12-8-20-24-22-12/h4-6,9H,3,7-8H2,1-2H3,(H,23,25). The van der Waals surface area contributed by atoms with Gasteiger partial charge in [-0.15, -0.1) is 5.10 Å².